The Morgan fingerprint density at radius 1 is 0.500 bits per heavy atom. The second kappa shape index (κ2) is 3.14. The van der Waals surface area contributed by atoms with Gasteiger partial charge in [0.25, 0.3) is 0 Å². The van der Waals surface area contributed by atoms with Gasteiger partial charge in [0.15, 0.2) is 0 Å². The smallest absolute Gasteiger partial charge is 0.0474 e. The van der Waals surface area contributed by atoms with E-state index in [9.17, 15) is 0 Å². The van der Waals surface area contributed by atoms with Crippen molar-refractivity contribution in [3.63, 3.8) is 0 Å². The van der Waals surface area contributed by atoms with Crippen LogP contribution in [-0.2, 0) is 0 Å². The molecule has 16 heavy (non-hydrogen) atoms. The molecule has 0 fully saturated rings. The van der Waals surface area contributed by atoms with E-state index in [2.05, 4.69) is 0 Å². The van der Waals surface area contributed by atoms with E-state index in [-0.39, 0.29) is 0 Å². The van der Waals surface area contributed by atoms with Crippen LogP contribution in [0.5, 0.6) is 0 Å². The lowest BCUT2D eigenvalue weighted by atomic mass is 9.99. The van der Waals surface area contributed by atoms with Gasteiger partial charge in [-0.15, -0.1) is 0 Å². The summed E-state index contributed by atoms with van der Waals surface area (Å²) < 4.78 is 0. The highest BCUT2D eigenvalue weighted by Gasteiger charge is 2.08. The van der Waals surface area contributed by atoms with E-state index in [0.717, 1.165) is 32.9 Å². The normalized spacial score (nSPS) is 11.0. The van der Waals surface area contributed by atoms with Crippen molar-refractivity contribution < 1.29 is 0 Å². The molecule has 0 atom stereocenters. The third kappa shape index (κ3) is 1.07. The van der Waals surface area contributed by atoms with Gasteiger partial charge in [-0.1, -0.05) is 48.5 Å². The molecule has 0 saturated heterocycles. The zero-order valence-electron chi connectivity index (χ0n) is 8.77. The molecule has 0 bridgehead atoms. The number of fused-ring (bicyclic) bond motifs is 2. The molecule has 78 valence electrons. The number of nitrogen functional groups attached to an aromatic ring is 2. The highest BCUT2D eigenvalue weighted by molar-refractivity contribution is 6.18. The van der Waals surface area contributed by atoms with Crippen molar-refractivity contribution in [2.75, 3.05) is 11.5 Å². The van der Waals surface area contributed by atoms with E-state index < -0.39 is 0 Å². The van der Waals surface area contributed by atoms with Crippen LogP contribution < -0.4 is 11.5 Å². The van der Waals surface area contributed by atoms with E-state index >= 15 is 0 Å². The predicted molar refractivity (Wildman–Crippen MR) is 70.3 cm³/mol. The largest absolute Gasteiger partial charge is 0.398 e. The van der Waals surface area contributed by atoms with Crippen LogP contribution in [0.15, 0.2) is 48.5 Å². The first-order valence-corrected chi connectivity index (χ1v) is 5.23. The third-order valence-corrected chi connectivity index (χ3v) is 3.01. The molecule has 2 nitrogen and oxygen atoms in total. The average molecular weight is 208 g/mol. The Kier molecular flexibility index (Phi) is 1.77. The summed E-state index contributed by atoms with van der Waals surface area (Å²) in [5.41, 5.74) is 13.9. The van der Waals surface area contributed by atoms with Crippen molar-refractivity contribution in [3.05, 3.63) is 48.5 Å². The standard InChI is InChI=1S/C14H12N2/c15-13-9-5-1-2-6-10(9)14(16)12-8-4-3-7-11(12)13/h1-8H,15-16H2. The fourth-order valence-corrected chi connectivity index (χ4v) is 2.20. The maximum Gasteiger partial charge on any atom is 0.0474 e. The second-order valence-corrected chi connectivity index (χ2v) is 3.92. The summed E-state index contributed by atoms with van der Waals surface area (Å²) >= 11 is 0. The maximum atomic E-state index is 6.17. The quantitative estimate of drug-likeness (QED) is 0.339. The van der Waals surface area contributed by atoms with Crippen molar-refractivity contribution in [2.24, 2.45) is 0 Å². The van der Waals surface area contributed by atoms with E-state index in [1.54, 1.807) is 0 Å². The van der Waals surface area contributed by atoms with Crippen LogP contribution in [0.2, 0.25) is 0 Å². The Morgan fingerprint density at radius 3 is 1.00 bits per heavy atom. The zero-order chi connectivity index (χ0) is 11.1. The Hall–Kier alpha value is -2.22. The monoisotopic (exact) mass is 208 g/mol. The van der Waals surface area contributed by atoms with E-state index in [1.165, 1.54) is 0 Å². The number of anilines is 2. The minimum Gasteiger partial charge on any atom is -0.398 e. The van der Waals surface area contributed by atoms with Crippen LogP contribution in [0, 0.1) is 0 Å². The van der Waals surface area contributed by atoms with Gasteiger partial charge in [0, 0.05) is 32.9 Å². The highest BCUT2D eigenvalue weighted by atomic mass is 14.6. The summed E-state index contributed by atoms with van der Waals surface area (Å²) in [5, 5.41) is 4.11. The summed E-state index contributed by atoms with van der Waals surface area (Å²) in [6.07, 6.45) is 0. The topological polar surface area (TPSA) is 52.0 Å². The maximum absolute atomic E-state index is 6.17. The summed E-state index contributed by atoms with van der Waals surface area (Å²) in [5.74, 6) is 0. The Labute approximate surface area is 93.5 Å². The summed E-state index contributed by atoms with van der Waals surface area (Å²) in [4.78, 5) is 0. The Morgan fingerprint density at radius 2 is 0.750 bits per heavy atom. The Balaban J connectivity index is 2.67. The first-order valence-electron chi connectivity index (χ1n) is 5.23. The first kappa shape index (κ1) is 9.04. The van der Waals surface area contributed by atoms with Crippen molar-refractivity contribution in [2.45, 2.75) is 0 Å². The molecule has 0 aliphatic rings. The third-order valence-electron chi connectivity index (χ3n) is 3.01. The van der Waals surface area contributed by atoms with Gasteiger partial charge in [-0.25, -0.2) is 0 Å². The molecule has 2 heteroatoms. The molecule has 0 radical (unpaired) electrons. The lowest BCUT2D eigenvalue weighted by Gasteiger charge is -2.10. The number of hydrogen-bond donors (Lipinski definition) is 2. The van der Waals surface area contributed by atoms with Gasteiger partial charge in [0.1, 0.15) is 0 Å². The SMILES string of the molecule is Nc1c2ccccc2c(N)c2ccccc12. The number of rotatable bonds is 0. The number of hydrogen-bond acceptors (Lipinski definition) is 2. The molecule has 0 heterocycles. The molecular weight excluding hydrogens is 196 g/mol. The summed E-state index contributed by atoms with van der Waals surface area (Å²) in [7, 11) is 0. The van der Waals surface area contributed by atoms with E-state index in [4.69, 9.17) is 11.5 Å². The predicted octanol–water partition coefficient (Wildman–Crippen LogP) is 3.16. The van der Waals surface area contributed by atoms with Crippen LogP contribution in [0.4, 0.5) is 11.4 Å². The second-order valence-electron chi connectivity index (χ2n) is 3.92. The van der Waals surface area contributed by atoms with Crippen LogP contribution in [0.25, 0.3) is 21.5 Å². The van der Waals surface area contributed by atoms with Crippen molar-refractivity contribution >= 4 is 32.9 Å². The van der Waals surface area contributed by atoms with E-state index in [1.807, 2.05) is 48.5 Å². The van der Waals surface area contributed by atoms with Crippen molar-refractivity contribution in [1.29, 1.82) is 0 Å². The van der Waals surface area contributed by atoms with Crippen molar-refractivity contribution in [1.82, 2.24) is 0 Å². The molecule has 0 aromatic heterocycles. The van der Waals surface area contributed by atoms with Gasteiger partial charge in [0.2, 0.25) is 0 Å². The average Bonchev–Trinajstić information content (AvgIpc) is 2.36. The molecule has 3 rings (SSSR count). The lowest BCUT2D eigenvalue weighted by molar-refractivity contribution is 1.74. The Bertz CT molecular complexity index is 570. The number of benzene rings is 3. The van der Waals surface area contributed by atoms with Crippen LogP contribution in [-0.4, -0.2) is 0 Å². The number of nitrogens with two attached hydrogens (primary N) is 2. The molecular formula is C14H12N2. The van der Waals surface area contributed by atoms with Gasteiger partial charge in [-0.05, 0) is 0 Å². The molecule has 3 aromatic carbocycles. The molecule has 0 aliphatic heterocycles. The zero-order valence-corrected chi connectivity index (χ0v) is 8.77. The lowest BCUT2D eigenvalue weighted by Crippen LogP contribution is -1.95. The van der Waals surface area contributed by atoms with Crippen LogP contribution in [0.1, 0.15) is 0 Å². The molecule has 4 N–H and O–H groups in total. The minimum absolute atomic E-state index is 0.806. The molecule has 3 aromatic rings. The molecule has 0 spiro atoms. The van der Waals surface area contributed by atoms with Gasteiger partial charge < -0.3 is 11.5 Å². The minimum atomic E-state index is 0.806. The first-order chi connectivity index (χ1) is 7.79. The molecule has 0 amide bonds. The fourth-order valence-electron chi connectivity index (χ4n) is 2.20. The van der Waals surface area contributed by atoms with E-state index in [0.29, 0.717) is 0 Å². The molecule has 0 unspecified atom stereocenters. The highest BCUT2D eigenvalue weighted by Crippen LogP contribution is 2.35. The van der Waals surface area contributed by atoms with Crippen LogP contribution >= 0.6 is 0 Å². The van der Waals surface area contributed by atoms with Gasteiger partial charge in [-0.3, -0.25) is 0 Å². The van der Waals surface area contributed by atoms with Gasteiger partial charge in [0.05, 0.1) is 0 Å². The summed E-state index contributed by atoms with van der Waals surface area (Å²) in [6, 6.07) is 15.9. The van der Waals surface area contributed by atoms with Crippen LogP contribution in [0.3, 0.4) is 0 Å². The molecule has 0 aliphatic carbocycles. The van der Waals surface area contributed by atoms with Gasteiger partial charge >= 0.3 is 0 Å². The molecule has 0 saturated carbocycles. The van der Waals surface area contributed by atoms with Gasteiger partial charge in [-0.2, -0.15) is 0 Å². The summed E-state index contributed by atoms with van der Waals surface area (Å²) in [6.45, 7) is 0. The van der Waals surface area contributed by atoms with Crippen molar-refractivity contribution in [3.8, 4) is 0 Å². The fraction of sp³-hybridized carbons (Fsp3) is 0.